The van der Waals surface area contributed by atoms with Gasteiger partial charge in [-0.15, -0.1) is 0 Å². The van der Waals surface area contributed by atoms with Crippen LogP contribution in [-0.4, -0.2) is 63.1 Å². The smallest absolute Gasteiger partial charge is 0.330 e. The fourth-order valence-electron chi connectivity index (χ4n) is 2.10. The third kappa shape index (κ3) is 4.59. The lowest BCUT2D eigenvalue weighted by atomic mass is 10.2. The Morgan fingerprint density at radius 1 is 1.36 bits per heavy atom. The lowest BCUT2D eigenvalue weighted by Gasteiger charge is -2.41. The van der Waals surface area contributed by atoms with E-state index in [0.717, 1.165) is 17.4 Å². The number of ether oxygens (including phenoxy) is 1. The van der Waals surface area contributed by atoms with E-state index in [-0.39, 0.29) is 18.6 Å². The lowest BCUT2D eigenvalue weighted by Crippen LogP contribution is -2.62. The summed E-state index contributed by atoms with van der Waals surface area (Å²) in [5.74, 6) is -0.556. The second-order valence-electron chi connectivity index (χ2n) is 4.91. The highest BCUT2D eigenvalue weighted by atomic mass is 127. The molecule has 0 radical (unpaired) electrons. The van der Waals surface area contributed by atoms with Crippen LogP contribution in [0, 0.1) is 0 Å². The molecule has 0 aromatic rings. The highest BCUT2D eigenvalue weighted by molar-refractivity contribution is 14.1. The number of urea groups is 2. The maximum atomic E-state index is 12.4. The van der Waals surface area contributed by atoms with E-state index < -0.39 is 12.1 Å². The fraction of sp³-hybridized carbons (Fsp3) is 0.643. The number of amides is 4. The second kappa shape index (κ2) is 8.96. The zero-order valence-electron chi connectivity index (χ0n) is 13.0. The van der Waals surface area contributed by atoms with Crippen LogP contribution < -0.4 is 0 Å². The van der Waals surface area contributed by atoms with Gasteiger partial charge < -0.3 is 9.64 Å². The molecule has 0 bridgehead atoms. The van der Waals surface area contributed by atoms with Crippen molar-refractivity contribution in [1.82, 2.24) is 14.7 Å². The number of imide groups is 1. The van der Waals surface area contributed by atoms with Crippen LogP contribution in [-0.2, 0) is 9.53 Å². The van der Waals surface area contributed by atoms with Crippen molar-refractivity contribution in [3.8, 4) is 0 Å². The molecule has 124 valence electrons. The number of esters is 1. The summed E-state index contributed by atoms with van der Waals surface area (Å²) in [5.41, 5.74) is 0. The van der Waals surface area contributed by atoms with Gasteiger partial charge in [-0.05, 0) is 12.8 Å². The minimum absolute atomic E-state index is 0.0566. The van der Waals surface area contributed by atoms with Crippen molar-refractivity contribution >= 4 is 40.6 Å². The first-order chi connectivity index (χ1) is 10.5. The van der Waals surface area contributed by atoms with Crippen LogP contribution in [0.5, 0.6) is 0 Å². The summed E-state index contributed by atoms with van der Waals surface area (Å²) < 4.78 is 5.66. The molecule has 1 saturated heterocycles. The van der Waals surface area contributed by atoms with Crippen molar-refractivity contribution in [2.75, 3.05) is 24.3 Å². The molecule has 0 saturated carbocycles. The molecule has 7 nitrogen and oxygen atoms in total. The molecular formula is C14H22IN3O4. The van der Waals surface area contributed by atoms with E-state index in [1.165, 1.54) is 0 Å². The third-order valence-corrected chi connectivity index (χ3v) is 4.10. The second-order valence-corrected chi connectivity index (χ2v) is 5.59. The van der Waals surface area contributed by atoms with Gasteiger partial charge in [-0.1, -0.05) is 43.0 Å². The number of halogens is 1. The summed E-state index contributed by atoms with van der Waals surface area (Å²) in [6.07, 6.45) is 1.86. The zero-order valence-corrected chi connectivity index (χ0v) is 15.1. The van der Waals surface area contributed by atoms with Crippen LogP contribution in [0.2, 0.25) is 0 Å². The number of carbonyl (C=O) groups is 3. The Morgan fingerprint density at radius 2 is 2.00 bits per heavy atom. The third-order valence-electron chi connectivity index (χ3n) is 3.27. The van der Waals surface area contributed by atoms with Gasteiger partial charge in [0.15, 0.2) is 0 Å². The summed E-state index contributed by atoms with van der Waals surface area (Å²) in [4.78, 5) is 40.5. The van der Waals surface area contributed by atoms with Crippen molar-refractivity contribution in [2.45, 2.75) is 32.8 Å². The monoisotopic (exact) mass is 423 g/mol. The van der Waals surface area contributed by atoms with Crippen LogP contribution >= 0.6 is 22.6 Å². The van der Waals surface area contributed by atoms with Gasteiger partial charge in [-0.25, -0.2) is 19.3 Å². The largest absolute Gasteiger partial charge is 0.457 e. The van der Waals surface area contributed by atoms with Crippen LogP contribution in [0.1, 0.15) is 26.7 Å². The van der Waals surface area contributed by atoms with Crippen LogP contribution in [0.3, 0.4) is 0 Å². The molecule has 1 rings (SSSR count). The molecule has 0 spiro atoms. The SMILES string of the molecule is C=CC(=O)O[C@@H](CC)CN1C(=O)N(CI)CN(CCC)C1=O. The van der Waals surface area contributed by atoms with E-state index in [2.05, 4.69) is 29.2 Å². The molecule has 0 aromatic heterocycles. The zero-order chi connectivity index (χ0) is 16.7. The van der Waals surface area contributed by atoms with E-state index in [9.17, 15) is 14.4 Å². The summed E-state index contributed by atoms with van der Waals surface area (Å²) in [6.45, 7) is 8.09. The topological polar surface area (TPSA) is 70.2 Å². The van der Waals surface area contributed by atoms with Gasteiger partial charge in [-0.2, -0.15) is 0 Å². The molecule has 0 unspecified atom stereocenters. The average Bonchev–Trinajstić information content (AvgIpc) is 2.52. The highest BCUT2D eigenvalue weighted by Gasteiger charge is 2.37. The number of carbonyl (C=O) groups excluding carboxylic acids is 3. The Labute approximate surface area is 144 Å². The first-order valence-corrected chi connectivity index (χ1v) is 8.75. The molecule has 1 atom stereocenters. The minimum atomic E-state index is -0.556. The lowest BCUT2D eigenvalue weighted by molar-refractivity contribution is -0.143. The molecule has 0 aromatic carbocycles. The molecular weight excluding hydrogens is 401 g/mol. The van der Waals surface area contributed by atoms with Gasteiger partial charge in [-0.3, -0.25) is 4.90 Å². The molecule has 0 N–H and O–H groups in total. The predicted octanol–water partition coefficient (Wildman–Crippen LogP) is 2.41. The Balaban J connectivity index is 2.86. The van der Waals surface area contributed by atoms with E-state index in [1.807, 2.05) is 13.8 Å². The summed E-state index contributed by atoms with van der Waals surface area (Å²) in [5, 5.41) is 0. The van der Waals surface area contributed by atoms with Crippen molar-refractivity contribution < 1.29 is 19.1 Å². The van der Waals surface area contributed by atoms with Gasteiger partial charge >= 0.3 is 18.0 Å². The van der Waals surface area contributed by atoms with E-state index in [4.69, 9.17) is 4.74 Å². The normalized spacial score (nSPS) is 16.8. The average molecular weight is 423 g/mol. The van der Waals surface area contributed by atoms with Crippen LogP contribution in [0.4, 0.5) is 9.59 Å². The van der Waals surface area contributed by atoms with Gasteiger partial charge in [0.2, 0.25) is 0 Å². The molecule has 22 heavy (non-hydrogen) atoms. The molecule has 1 aliphatic rings. The van der Waals surface area contributed by atoms with Crippen molar-refractivity contribution in [3.63, 3.8) is 0 Å². The van der Waals surface area contributed by atoms with Crippen molar-refractivity contribution in [1.29, 1.82) is 0 Å². The van der Waals surface area contributed by atoms with Gasteiger partial charge in [0, 0.05) is 12.6 Å². The first kappa shape index (κ1) is 18.7. The predicted molar refractivity (Wildman–Crippen MR) is 90.5 cm³/mol. The maximum Gasteiger partial charge on any atom is 0.330 e. The van der Waals surface area contributed by atoms with Crippen molar-refractivity contribution in [2.24, 2.45) is 0 Å². The molecule has 1 heterocycles. The number of nitrogens with zero attached hydrogens (tertiary/aromatic N) is 3. The number of rotatable bonds is 8. The van der Waals surface area contributed by atoms with E-state index in [0.29, 0.717) is 24.2 Å². The van der Waals surface area contributed by atoms with E-state index in [1.54, 1.807) is 9.80 Å². The molecule has 0 aliphatic carbocycles. The molecule has 8 heteroatoms. The summed E-state index contributed by atoms with van der Waals surface area (Å²) in [7, 11) is 0. The van der Waals surface area contributed by atoms with Crippen molar-refractivity contribution in [3.05, 3.63) is 12.7 Å². The van der Waals surface area contributed by atoms with Gasteiger partial charge in [0.25, 0.3) is 0 Å². The Bertz CT molecular complexity index is 444. The molecule has 1 fully saturated rings. The number of hydrogen-bond donors (Lipinski definition) is 0. The van der Waals surface area contributed by atoms with Crippen LogP contribution in [0.25, 0.3) is 0 Å². The summed E-state index contributed by atoms with van der Waals surface area (Å²) >= 11 is 2.09. The number of hydrogen-bond acceptors (Lipinski definition) is 4. The summed E-state index contributed by atoms with van der Waals surface area (Å²) in [6, 6.07) is -0.680. The Morgan fingerprint density at radius 3 is 2.50 bits per heavy atom. The standard InChI is InChI=1S/C14H22IN3O4/c1-4-7-16-10-17(9-15)14(21)18(13(16)20)8-11(5-2)22-12(19)6-3/h6,11H,3-5,7-10H2,1-2H3/t11-/m0/s1. The fourth-order valence-corrected chi connectivity index (χ4v) is 2.60. The highest BCUT2D eigenvalue weighted by Crippen LogP contribution is 2.16. The quantitative estimate of drug-likeness (QED) is 0.198. The molecule has 1 aliphatic heterocycles. The Hall–Kier alpha value is -1.32. The maximum absolute atomic E-state index is 12.4. The molecule has 4 amide bonds. The van der Waals surface area contributed by atoms with Crippen LogP contribution in [0.15, 0.2) is 12.7 Å². The first-order valence-electron chi connectivity index (χ1n) is 7.22. The van der Waals surface area contributed by atoms with E-state index >= 15 is 0 Å². The number of alkyl halides is 1. The Kier molecular flexibility index (Phi) is 7.63. The minimum Gasteiger partial charge on any atom is -0.457 e. The van der Waals surface area contributed by atoms with Gasteiger partial charge in [0.05, 0.1) is 17.8 Å². The van der Waals surface area contributed by atoms with Gasteiger partial charge in [0.1, 0.15) is 6.10 Å².